The molecule has 48 heavy (non-hydrogen) atoms. The van der Waals surface area contributed by atoms with Crippen molar-refractivity contribution in [3.05, 3.63) is 193 Å². The highest BCUT2D eigenvalue weighted by Gasteiger charge is 2.19. The second kappa shape index (κ2) is 11.8. The lowest BCUT2D eigenvalue weighted by Crippen LogP contribution is -1.93. The van der Waals surface area contributed by atoms with Crippen molar-refractivity contribution in [2.45, 2.75) is 0 Å². The third kappa shape index (κ3) is 4.87. The van der Waals surface area contributed by atoms with Gasteiger partial charge in [-0.15, -0.1) is 0 Å². The van der Waals surface area contributed by atoms with Gasteiger partial charge in [0, 0.05) is 0 Å². The normalized spacial score (nSPS) is 11.7. The van der Waals surface area contributed by atoms with Crippen LogP contribution in [0.3, 0.4) is 0 Å². The van der Waals surface area contributed by atoms with Crippen molar-refractivity contribution in [3.8, 4) is 33.4 Å². The van der Waals surface area contributed by atoms with E-state index in [1.165, 1.54) is 87.6 Å². The minimum absolute atomic E-state index is 1.18. The summed E-state index contributed by atoms with van der Waals surface area (Å²) in [6.07, 6.45) is 4.38. The Kier molecular flexibility index (Phi) is 6.91. The van der Waals surface area contributed by atoms with Crippen LogP contribution in [0.15, 0.2) is 182 Å². The monoisotopic (exact) mass is 608 g/mol. The predicted molar refractivity (Wildman–Crippen MR) is 208 cm³/mol. The molecule has 0 heteroatoms. The van der Waals surface area contributed by atoms with E-state index in [1.54, 1.807) is 0 Å². The van der Waals surface area contributed by atoms with E-state index in [0.29, 0.717) is 0 Å². The van der Waals surface area contributed by atoms with E-state index in [9.17, 15) is 0 Å². The lowest BCUT2D eigenvalue weighted by Gasteiger charge is -2.20. The highest BCUT2D eigenvalue weighted by molar-refractivity contribution is 6.25. The molecule has 9 aromatic carbocycles. The molecule has 0 spiro atoms. The summed E-state index contributed by atoms with van der Waals surface area (Å²) in [5.41, 5.74) is 9.88. The maximum atomic E-state index is 2.42. The number of benzene rings is 9. The van der Waals surface area contributed by atoms with Crippen LogP contribution in [-0.4, -0.2) is 0 Å². The SMILES string of the molecule is C(=C\c1cccc(-c2ccc3c(-c4cccc5ccccc45)c4ccccc4c(-c4cccc5ccccc45)c3c2)c1)/c1ccccc1. The minimum atomic E-state index is 1.18. The average Bonchev–Trinajstić information content (AvgIpc) is 3.16. The van der Waals surface area contributed by atoms with E-state index in [-0.39, 0.29) is 0 Å². The number of rotatable bonds is 5. The van der Waals surface area contributed by atoms with Crippen molar-refractivity contribution in [1.82, 2.24) is 0 Å². The smallest absolute Gasteiger partial charge is 0.00199 e. The summed E-state index contributed by atoms with van der Waals surface area (Å²) in [4.78, 5) is 0. The van der Waals surface area contributed by atoms with Crippen molar-refractivity contribution in [1.29, 1.82) is 0 Å². The van der Waals surface area contributed by atoms with Crippen molar-refractivity contribution < 1.29 is 0 Å². The zero-order valence-electron chi connectivity index (χ0n) is 26.5. The third-order valence-electron chi connectivity index (χ3n) is 9.63. The summed E-state index contributed by atoms with van der Waals surface area (Å²) in [7, 11) is 0. The largest absolute Gasteiger partial charge is 0.0622 e. The van der Waals surface area contributed by atoms with Crippen molar-refractivity contribution in [2.75, 3.05) is 0 Å². The van der Waals surface area contributed by atoms with Gasteiger partial charge in [0.25, 0.3) is 0 Å². The van der Waals surface area contributed by atoms with Crippen LogP contribution in [0, 0.1) is 0 Å². The van der Waals surface area contributed by atoms with Gasteiger partial charge in [-0.25, -0.2) is 0 Å². The first-order chi connectivity index (χ1) is 23.8. The highest BCUT2D eigenvalue weighted by atomic mass is 14.2. The maximum Gasteiger partial charge on any atom is -0.00199 e. The van der Waals surface area contributed by atoms with Crippen molar-refractivity contribution in [3.63, 3.8) is 0 Å². The van der Waals surface area contributed by atoms with Crippen LogP contribution in [-0.2, 0) is 0 Å². The van der Waals surface area contributed by atoms with E-state index in [2.05, 4.69) is 194 Å². The van der Waals surface area contributed by atoms with E-state index < -0.39 is 0 Å². The molecule has 0 N–H and O–H groups in total. The van der Waals surface area contributed by atoms with Gasteiger partial charge in [0.15, 0.2) is 0 Å². The summed E-state index contributed by atoms with van der Waals surface area (Å²) in [5, 5.41) is 10.1. The first-order valence-electron chi connectivity index (χ1n) is 16.6. The molecule has 0 fully saturated rings. The van der Waals surface area contributed by atoms with Crippen LogP contribution < -0.4 is 0 Å². The van der Waals surface area contributed by atoms with Crippen molar-refractivity contribution in [2.24, 2.45) is 0 Å². The van der Waals surface area contributed by atoms with Gasteiger partial charge in [0.05, 0.1) is 0 Å². The Morgan fingerprint density at radius 2 is 0.729 bits per heavy atom. The third-order valence-corrected chi connectivity index (χ3v) is 9.63. The molecular weight excluding hydrogens is 577 g/mol. The van der Waals surface area contributed by atoms with Crippen LogP contribution in [0.2, 0.25) is 0 Å². The molecule has 0 aliphatic rings. The fourth-order valence-electron chi connectivity index (χ4n) is 7.40. The Morgan fingerprint density at radius 3 is 1.40 bits per heavy atom. The van der Waals surface area contributed by atoms with Crippen LogP contribution in [0.1, 0.15) is 11.1 Å². The molecule has 0 amide bonds. The van der Waals surface area contributed by atoms with E-state index in [4.69, 9.17) is 0 Å². The molecule has 9 aromatic rings. The summed E-state index contributed by atoms with van der Waals surface area (Å²) in [6, 6.07) is 66.3. The van der Waals surface area contributed by atoms with Gasteiger partial charge in [-0.2, -0.15) is 0 Å². The quantitative estimate of drug-likeness (QED) is 0.135. The van der Waals surface area contributed by atoms with Gasteiger partial charge >= 0.3 is 0 Å². The molecule has 0 unspecified atom stereocenters. The second-order valence-electron chi connectivity index (χ2n) is 12.5. The standard InChI is InChI=1S/C48H32/c1-2-13-33(14-3-1)27-28-34-15-10-20-37(31-34)38-29-30-45-46(32-38)48(42-26-12-19-36-17-5-7-22-40(36)42)44-24-9-8-23-43(44)47(45)41-25-11-18-35-16-4-6-21-39(35)41/h1-32H/b28-27+. The molecule has 0 aromatic heterocycles. The van der Waals surface area contributed by atoms with Crippen LogP contribution in [0.4, 0.5) is 0 Å². The van der Waals surface area contributed by atoms with Gasteiger partial charge in [0.1, 0.15) is 0 Å². The Morgan fingerprint density at radius 1 is 0.271 bits per heavy atom. The van der Waals surface area contributed by atoms with Gasteiger partial charge < -0.3 is 0 Å². The molecule has 0 bridgehead atoms. The van der Waals surface area contributed by atoms with Crippen LogP contribution in [0.25, 0.3) is 88.6 Å². The van der Waals surface area contributed by atoms with Gasteiger partial charge in [-0.3, -0.25) is 0 Å². The fraction of sp³-hybridized carbons (Fsp3) is 0. The van der Waals surface area contributed by atoms with Gasteiger partial charge in [-0.05, 0) is 99.7 Å². The molecule has 0 atom stereocenters. The number of hydrogen-bond acceptors (Lipinski definition) is 0. The van der Waals surface area contributed by atoms with Gasteiger partial charge in [-0.1, -0.05) is 182 Å². The summed E-state index contributed by atoms with van der Waals surface area (Å²) in [5.74, 6) is 0. The highest BCUT2D eigenvalue weighted by Crippen LogP contribution is 2.47. The molecule has 0 aliphatic heterocycles. The predicted octanol–water partition coefficient (Wildman–Crippen LogP) is 13.5. The molecule has 0 aliphatic carbocycles. The molecule has 0 saturated carbocycles. The Bertz CT molecular complexity index is 2650. The maximum absolute atomic E-state index is 2.42. The lowest BCUT2D eigenvalue weighted by molar-refractivity contribution is 1.61. The molecule has 0 nitrogen and oxygen atoms in total. The molecule has 224 valence electrons. The minimum Gasteiger partial charge on any atom is -0.0622 e. The summed E-state index contributed by atoms with van der Waals surface area (Å²) >= 11 is 0. The fourth-order valence-corrected chi connectivity index (χ4v) is 7.40. The molecule has 0 heterocycles. The van der Waals surface area contributed by atoms with E-state index in [0.717, 1.165) is 0 Å². The first-order valence-corrected chi connectivity index (χ1v) is 16.6. The number of hydrogen-bond donors (Lipinski definition) is 0. The van der Waals surface area contributed by atoms with Crippen LogP contribution in [0.5, 0.6) is 0 Å². The molecular formula is C48H32. The van der Waals surface area contributed by atoms with Crippen LogP contribution >= 0.6 is 0 Å². The first kappa shape index (κ1) is 28.0. The Balaban J connectivity index is 1.35. The average molecular weight is 609 g/mol. The second-order valence-corrected chi connectivity index (χ2v) is 12.5. The van der Waals surface area contributed by atoms with E-state index >= 15 is 0 Å². The lowest BCUT2D eigenvalue weighted by atomic mass is 9.83. The van der Waals surface area contributed by atoms with Gasteiger partial charge in [0.2, 0.25) is 0 Å². The Hall–Kier alpha value is -6.24. The zero-order valence-corrected chi connectivity index (χ0v) is 26.5. The molecule has 0 saturated heterocycles. The Labute approximate surface area is 280 Å². The summed E-state index contributed by atoms with van der Waals surface area (Å²) in [6.45, 7) is 0. The number of fused-ring (bicyclic) bond motifs is 4. The summed E-state index contributed by atoms with van der Waals surface area (Å²) < 4.78 is 0. The van der Waals surface area contributed by atoms with E-state index in [1.807, 2.05) is 0 Å². The topological polar surface area (TPSA) is 0 Å². The zero-order chi connectivity index (χ0) is 31.9. The molecule has 9 rings (SSSR count). The van der Waals surface area contributed by atoms with Crippen molar-refractivity contribution >= 4 is 55.2 Å². The molecule has 0 radical (unpaired) electrons.